The van der Waals surface area contributed by atoms with Gasteiger partial charge >= 0.3 is 12.0 Å². The molecular formula is C21H29N3O5S. The lowest BCUT2D eigenvalue weighted by atomic mass is 9.86. The van der Waals surface area contributed by atoms with Crippen molar-refractivity contribution in [2.24, 2.45) is 11.8 Å². The van der Waals surface area contributed by atoms with Crippen LogP contribution >= 0.6 is 11.3 Å². The van der Waals surface area contributed by atoms with Gasteiger partial charge < -0.3 is 15.0 Å². The van der Waals surface area contributed by atoms with Crippen molar-refractivity contribution >= 4 is 35.2 Å². The van der Waals surface area contributed by atoms with Crippen molar-refractivity contribution < 1.29 is 23.9 Å². The van der Waals surface area contributed by atoms with E-state index in [2.05, 4.69) is 17.6 Å². The molecule has 2 aliphatic rings. The van der Waals surface area contributed by atoms with Crippen LogP contribution in [0.3, 0.4) is 0 Å². The van der Waals surface area contributed by atoms with Gasteiger partial charge in [-0.2, -0.15) is 0 Å². The summed E-state index contributed by atoms with van der Waals surface area (Å²) in [4.78, 5) is 50.9. The number of esters is 1. The number of nitrogens with zero attached hydrogens (tertiary/aromatic N) is 1. The SMILES string of the molecule is CC1CCCCC1NC(=O)NC(=O)COC(=O)C1CCN(C(=O)c2cccs2)CC1. The minimum Gasteiger partial charge on any atom is -0.455 e. The van der Waals surface area contributed by atoms with Crippen LogP contribution in [0.2, 0.25) is 0 Å². The van der Waals surface area contributed by atoms with E-state index in [0.29, 0.717) is 36.7 Å². The Morgan fingerprint density at radius 2 is 1.87 bits per heavy atom. The van der Waals surface area contributed by atoms with Crippen LogP contribution < -0.4 is 10.6 Å². The van der Waals surface area contributed by atoms with E-state index in [1.165, 1.54) is 11.3 Å². The maximum Gasteiger partial charge on any atom is 0.321 e. The number of rotatable bonds is 5. The number of hydrogen-bond donors (Lipinski definition) is 2. The molecule has 0 bridgehead atoms. The first-order chi connectivity index (χ1) is 14.4. The zero-order chi connectivity index (χ0) is 21.5. The van der Waals surface area contributed by atoms with Crippen molar-refractivity contribution in [2.45, 2.75) is 51.5 Å². The summed E-state index contributed by atoms with van der Waals surface area (Å²) in [6.45, 7) is 2.56. The molecule has 1 aliphatic carbocycles. The minimum atomic E-state index is -0.644. The van der Waals surface area contributed by atoms with Gasteiger partial charge in [-0.1, -0.05) is 25.8 Å². The Morgan fingerprint density at radius 3 is 2.53 bits per heavy atom. The van der Waals surface area contributed by atoms with E-state index < -0.39 is 24.5 Å². The van der Waals surface area contributed by atoms with E-state index in [1.54, 1.807) is 11.0 Å². The van der Waals surface area contributed by atoms with Gasteiger partial charge in [-0.05, 0) is 43.0 Å². The molecule has 8 nitrogen and oxygen atoms in total. The molecular weight excluding hydrogens is 406 g/mol. The van der Waals surface area contributed by atoms with Crippen LogP contribution in [0.4, 0.5) is 4.79 Å². The Hall–Kier alpha value is -2.42. The monoisotopic (exact) mass is 435 g/mol. The standard InChI is InChI=1S/C21H29N3O5S/c1-14-5-2-3-6-16(14)22-21(28)23-18(25)13-29-20(27)15-8-10-24(11-9-15)19(26)17-7-4-12-30-17/h4,7,12,14-16H,2-3,5-6,8-11,13H2,1H3,(H2,22,23,25,28). The summed E-state index contributed by atoms with van der Waals surface area (Å²) >= 11 is 1.40. The quantitative estimate of drug-likeness (QED) is 0.692. The lowest BCUT2D eigenvalue weighted by molar-refractivity contribution is -0.153. The van der Waals surface area contributed by atoms with Gasteiger partial charge in [0.2, 0.25) is 0 Å². The predicted molar refractivity (Wildman–Crippen MR) is 112 cm³/mol. The summed E-state index contributed by atoms with van der Waals surface area (Å²) in [5.41, 5.74) is 0. The zero-order valence-electron chi connectivity index (χ0n) is 17.2. The fraction of sp³-hybridized carbons (Fsp3) is 0.619. The molecule has 1 aromatic rings. The van der Waals surface area contributed by atoms with Gasteiger partial charge in [0.1, 0.15) is 0 Å². The maximum absolute atomic E-state index is 12.3. The van der Waals surface area contributed by atoms with Crippen molar-refractivity contribution in [2.75, 3.05) is 19.7 Å². The second-order valence-corrected chi connectivity index (χ2v) is 8.99. The molecule has 30 heavy (non-hydrogen) atoms. The Bertz CT molecular complexity index is 759. The molecule has 164 valence electrons. The van der Waals surface area contributed by atoms with Crippen molar-refractivity contribution in [1.29, 1.82) is 0 Å². The van der Waals surface area contributed by atoms with Gasteiger partial charge in [0.15, 0.2) is 6.61 Å². The van der Waals surface area contributed by atoms with Crippen LogP contribution in [0.1, 0.15) is 55.1 Å². The van der Waals surface area contributed by atoms with E-state index >= 15 is 0 Å². The number of amides is 4. The van der Waals surface area contributed by atoms with Crippen LogP contribution in [0, 0.1) is 11.8 Å². The topological polar surface area (TPSA) is 105 Å². The summed E-state index contributed by atoms with van der Waals surface area (Å²) in [5, 5.41) is 6.91. The van der Waals surface area contributed by atoms with Gasteiger partial charge in [-0.25, -0.2) is 4.79 Å². The van der Waals surface area contributed by atoms with Crippen LogP contribution in [-0.4, -0.2) is 54.5 Å². The maximum atomic E-state index is 12.3. The number of nitrogens with one attached hydrogen (secondary N) is 2. The minimum absolute atomic E-state index is 0.0190. The molecule has 2 N–H and O–H groups in total. The summed E-state index contributed by atoms with van der Waals surface area (Å²) in [6, 6.07) is 3.14. The van der Waals surface area contributed by atoms with Gasteiger partial charge in [0.05, 0.1) is 10.8 Å². The second-order valence-electron chi connectivity index (χ2n) is 8.04. The van der Waals surface area contributed by atoms with E-state index in [9.17, 15) is 19.2 Å². The molecule has 1 aliphatic heterocycles. The molecule has 0 spiro atoms. The smallest absolute Gasteiger partial charge is 0.321 e. The fourth-order valence-electron chi connectivity index (χ4n) is 4.03. The van der Waals surface area contributed by atoms with Crippen molar-refractivity contribution in [3.05, 3.63) is 22.4 Å². The van der Waals surface area contributed by atoms with Gasteiger partial charge in [-0.15, -0.1) is 11.3 Å². The molecule has 0 radical (unpaired) electrons. The highest BCUT2D eigenvalue weighted by Crippen LogP contribution is 2.24. The number of urea groups is 1. The van der Waals surface area contributed by atoms with E-state index in [0.717, 1.165) is 25.7 Å². The molecule has 2 atom stereocenters. The Morgan fingerprint density at radius 1 is 1.13 bits per heavy atom. The fourth-order valence-corrected chi connectivity index (χ4v) is 4.72. The molecule has 1 saturated carbocycles. The van der Waals surface area contributed by atoms with Gasteiger partial charge in [-0.3, -0.25) is 19.7 Å². The largest absolute Gasteiger partial charge is 0.455 e. The van der Waals surface area contributed by atoms with E-state index in [1.807, 2.05) is 11.4 Å². The number of piperidine rings is 1. The molecule has 2 heterocycles. The third-order valence-corrected chi connectivity index (χ3v) is 6.73. The predicted octanol–water partition coefficient (Wildman–Crippen LogP) is 2.55. The summed E-state index contributed by atoms with van der Waals surface area (Å²) < 4.78 is 5.09. The summed E-state index contributed by atoms with van der Waals surface area (Å²) in [7, 11) is 0. The average molecular weight is 436 g/mol. The van der Waals surface area contributed by atoms with Gasteiger partial charge in [0, 0.05) is 19.1 Å². The normalized spacial score (nSPS) is 22.2. The van der Waals surface area contributed by atoms with Crippen LogP contribution in [0.5, 0.6) is 0 Å². The van der Waals surface area contributed by atoms with Crippen molar-refractivity contribution in [3.63, 3.8) is 0 Å². The van der Waals surface area contributed by atoms with E-state index in [-0.39, 0.29) is 17.9 Å². The Balaban J connectivity index is 1.34. The highest BCUT2D eigenvalue weighted by Gasteiger charge is 2.30. The number of hydrogen-bond acceptors (Lipinski definition) is 6. The molecule has 1 saturated heterocycles. The molecule has 2 unspecified atom stereocenters. The van der Waals surface area contributed by atoms with Crippen LogP contribution in [-0.2, 0) is 14.3 Å². The number of likely N-dealkylation sites (tertiary alicyclic amines) is 1. The Kier molecular flexibility index (Phi) is 7.84. The molecule has 1 aromatic heterocycles. The average Bonchev–Trinajstić information content (AvgIpc) is 3.28. The molecule has 9 heteroatoms. The number of imide groups is 1. The first-order valence-electron chi connectivity index (χ1n) is 10.5. The summed E-state index contributed by atoms with van der Waals surface area (Å²) in [5.74, 6) is -1.09. The van der Waals surface area contributed by atoms with Crippen molar-refractivity contribution in [1.82, 2.24) is 15.5 Å². The summed E-state index contributed by atoms with van der Waals surface area (Å²) in [6.07, 6.45) is 5.20. The number of carbonyl (C=O) groups excluding carboxylic acids is 4. The molecule has 4 amide bonds. The lowest BCUT2D eigenvalue weighted by Gasteiger charge is -2.30. The number of carbonyl (C=O) groups is 4. The van der Waals surface area contributed by atoms with Gasteiger partial charge in [0.25, 0.3) is 11.8 Å². The number of ether oxygens (including phenoxy) is 1. The van der Waals surface area contributed by atoms with Crippen LogP contribution in [0.25, 0.3) is 0 Å². The molecule has 2 fully saturated rings. The lowest BCUT2D eigenvalue weighted by Crippen LogP contribution is -2.48. The first-order valence-corrected chi connectivity index (χ1v) is 11.4. The number of thiophene rings is 1. The highest BCUT2D eigenvalue weighted by molar-refractivity contribution is 7.12. The molecule has 0 aromatic carbocycles. The Labute approximate surface area is 180 Å². The molecule has 3 rings (SSSR count). The highest BCUT2D eigenvalue weighted by atomic mass is 32.1. The van der Waals surface area contributed by atoms with Crippen molar-refractivity contribution in [3.8, 4) is 0 Å². The zero-order valence-corrected chi connectivity index (χ0v) is 18.0. The third kappa shape index (κ3) is 6.04. The second kappa shape index (κ2) is 10.6. The van der Waals surface area contributed by atoms with E-state index in [4.69, 9.17) is 4.74 Å². The third-order valence-electron chi connectivity index (χ3n) is 5.87. The van der Waals surface area contributed by atoms with Crippen LogP contribution in [0.15, 0.2) is 17.5 Å². The first kappa shape index (κ1) is 22.3.